The van der Waals surface area contributed by atoms with Crippen LogP contribution in [0.15, 0.2) is 41.7 Å². The van der Waals surface area contributed by atoms with E-state index in [0.29, 0.717) is 0 Å². The zero-order valence-corrected chi connectivity index (χ0v) is 12.9. The van der Waals surface area contributed by atoms with Crippen molar-refractivity contribution in [3.8, 4) is 23.9 Å². The molecule has 1 aromatic carbocycles. The summed E-state index contributed by atoms with van der Waals surface area (Å²) in [6, 6.07) is 9.84. The Hall–Kier alpha value is -3.48. The molecule has 0 bridgehead atoms. The van der Waals surface area contributed by atoms with Crippen LogP contribution in [0.25, 0.3) is 5.69 Å². The standard InChI is InChI=1S/C15H6ClF3N6/c16-10-2-1-3-11(23-12(8-22)9(6-20)7-21)14(10)25-5-4-13(24-25)15(17,18)19/h1-5,23H. The third-order valence-corrected chi connectivity index (χ3v) is 3.25. The summed E-state index contributed by atoms with van der Waals surface area (Å²) in [4.78, 5) is 0. The molecule has 0 fully saturated rings. The molecule has 0 saturated carbocycles. The second-order valence-electron chi connectivity index (χ2n) is 4.49. The number of nitrogens with one attached hydrogen (secondary N) is 1. The minimum absolute atomic E-state index is 0.0302. The Balaban J connectivity index is 2.58. The van der Waals surface area contributed by atoms with Crippen molar-refractivity contribution in [2.75, 3.05) is 5.32 Å². The summed E-state index contributed by atoms with van der Waals surface area (Å²) in [7, 11) is 0. The van der Waals surface area contributed by atoms with Crippen LogP contribution in [0, 0.1) is 34.0 Å². The molecule has 0 aliphatic carbocycles. The van der Waals surface area contributed by atoms with E-state index in [-0.39, 0.29) is 22.1 Å². The molecular formula is C15H6ClF3N6. The number of alkyl halides is 3. The Morgan fingerprint density at radius 1 is 1.12 bits per heavy atom. The summed E-state index contributed by atoms with van der Waals surface area (Å²) in [5.74, 6) is 0. The fraction of sp³-hybridized carbons (Fsp3) is 0.0667. The molecule has 0 spiro atoms. The van der Waals surface area contributed by atoms with Gasteiger partial charge in [0.1, 0.15) is 29.6 Å². The number of nitriles is 3. The molecule has 0 radical (unpaired) electrons. The van der Waals surface area contributed by atoms with Crippen molar-refractivity contribution in [1.82, 2.24) is 9.78 Å². The predicted molar refractivity (Wildman–Crippen MR) is 81.1 cm³/mol. The molecule has 2 rings (SSSR count). The topological polar surface area (TPSA) is 101 Å². The number of anilines is 1. The van der Waals surface area contributed by atoms with E-state index in [0.717, 1.165) is 16.9 Å². The summed E-state index contributed by atoms with van der Waals surface area (Å²) in [5, 5.41) is 32.8. The van der Waals surface area contributed by atoms with Gasteiger partial charge in [0.15, 0.2) is 11.3 Å². The fourth-order valence-electron chi connectivity index (χ4n) is 1.87. The molecular weight excluding hydrogens is 357 g/mol. The van der Waals surface area contributed by atoms with Gasteiger partial charge in [0.25, 0.3) is 0 Å². The van der Waals surface area contributed by atoms with Gasteiger partial charge in [-0.15, -0.1) is 0 Å². The Morgan fingerprint density at radius 3 is 2.32 bits per heavy atom. The second kappa shape index (κ2) is 6.96. The van der Waals surface area contributed by atoms with Crippen molar-refractivity contribution in [3.05, 3.63) is 52.4 Å². The zero-order chi connectivity index (χ0) is 18.6. The summed E-state index contributed by atoms with van der Waals surface area (Å²) < 4.78 is 39.1. The maximum atomic E-state index is 12.7. The number of allylic oxidation sites excluding steroid dienone is 2. The van der Waals surface area contributed by atoms with Crippen LogP contribution in [0.4, 0.5) is 18.9 Å². The summed E-state index contributed by atoms with van der Waals surface area (Å²) in [6.07, 6.45) is -3.58. The van der Waals surface area contributed by atoms with E-state index < -0.39 is 17.4 Å². The van der Waals surface area contributed by atoms with Crippen molar-refractivity contribution in [3.63, 3.8) is 0 Å². The first kappa shape index (κ1) is 17.9. The first-order valence-corrected chi connectivity index (χ1v) is 6.83. The van der Waals surface area contributed by atoms with E-state index in [9.17, 15) is 13.2 Å². The van der Waals surface area contributed by atoms with Gasteiger partial charge in [-0.3, -0.25) is 0 Å². The molecule has 124 valence electrons. The van der Waals surface area contributed by atoms with Gasteiger partial charge in [0.05, 0.1) is 10.7 Å². The van der Waals surface area contributed by atoms with Gasteiger partial charge >= 0.3 is 6.18 Å². The van der Waals surface area contributed by atoms with Crippen LogP contribution in [0.5, 0.6) is 0 Å². The molecule has 6 nitrogen and oxygen atoms in total. The lowest BCUT2D eigenvalue weighted by Crippen LogP contribution is -2.09. The third kappa shape index (κ3) is 3.72. The lowest BCUT2D eigenvalue weighted by atomic mass is 10.2. The highest BCUT2D eigenvalue weighted by atomic mass is 35.5. The highest BCUT2D eigenvalue weighted by Gasteiger charge is 2.34. The minimum atomic E-state index is -4.63. The maximum Gasteiger partial charge on any atom is 0.435 e. The van der Waals surface area contributed by atoms with Gasteiger partial charge < -0.3 is 5.32 Å². The largest absolute Gasteiger partial charge is 0.435 e. The smallest absolute Gasteiger partial charge is 0.343 e. The number of nitrogens with zero attached hydrogens (tertiary/aromatic N) is 5. The van der Waals surface area contributed by atoms with Crippen molar-refractivity contribution < 1.29 is 13.2 Å². The molecule has 1 heterocycles. The van der Waals surface area contributed by atoms with Gasteiger partial charge in [-0.1, -0.05) is 17.7 Å². The first-order chi connectivity index (χ1) is 11.8. The number of rotatable bonds is 3. The number of halogens is 4. The summed E-state index contributed by atoms with van der Waals surface area (Å²) in [6.45, 7) is 0. The first-order valence-electron chi connectivity index (χ1n) is 6.45. The maximum absolute atomic E-state index is 12.7. The zero-order valence-electron chi connectivity index (χ0n) is 12.1. The van der Waals surface area contributed by atoms with Crippen molar-refractivity contribution in [2.24, 2.45) is 0 Å². The highest BCUT2D eigenvalue weighted by molar-refractivity contribution is 6.33. The number of hydrogen-bond donors (Lipinski definition) is 1. The molecule has 1 aromatic heterocycles. The lowest BCUT2D eigenvalue weighted by molar-refractivity contribution is -0.141. The molecule has 25 heavy (non-hydrogen) atoms. The third-order valence-electron chi connectivity index (χ3n) is 2.94. The molecule has 10 heteroatoms. The predicted octanol–water partition coefficient (Wildman–Crippen LogP) is 3.78. The van der Waals surface area contributed by atoms with Crippen LogP contribution in [-0.2, 0) is 6.18 Å². The van der Waals surface area contributed by atoms with Crippen molar-refractivity contribution in [1.29, 1.82) is 15.8 Å². The molecule has 0 saturated heterocycles. The van der Waals surface area contributed by atoms with Gasteiger partial charge in [0.2, 0.25) is 0 Å². The molecule has 1 N–H and O–H groups in total. The normalized spacial score (nSPS) is 10.3. The van der Waals surface area contributed by atoms with Crippen molar-refractivity contribution in [2.45, 2.75) is 6.18 Å². The lowest BCUT2D eigenvalue weighted by Gasteiger charge is -2.13. The molecule has 2 aromatic rings. The number of aromatic nitrogens is 2. The van der Waals surface area contributed by atoms with E-state index in [1.807, 2.05) is 0 Å². The van der Waals surface area contributed by atoms with E-state index in [1.54, 1.807) is 18.2 Å². The fourth-order valence-corrected chi connectivity index (χ4v) is 2.13. The van der Waals surface area contributed by atoms with E-state index >= 15 is 0 Å². The van der Waals surface area contributed by atoms with Gasteiger partial charge in [-0.25, -0.2) is 4.68 Å². The van der Waals surface area contributed by atoms with Crippen LogP contribution in [0.3, 0.4) is 0 Å². The molecule has 0 aliphatic heterocycles. The number of para-hydroxylation sites is 1. The van der Waals surface area contributed by atoms with Crippen LogP contribution in [0.2, 0.25) is 5.02 Å². The van der Waals surface area contributed by atoms with Crippen molar-refractivity contribution >= 4 is 17.3 Å². The van der Waals surface area contributed by atoms with E-state index in [1.165, 1.54) is 18.2 Å². The number of benzene rings is 1. The Morgan fingerprint density at radius 2 is 1.80 bits per heavy atom. The molecule has 0 atom stereocenters. The second-order valence-corrected chi connectivity index (χ2v) is 4.90. The van der Waals surface area contributed by atoms with Crippen LogP contribution in [-0.4, -0.2) is 9.78 Å². The molecule has 0 unspecified atom stereocenters. The summed E-state index contributed by atoms with van der Waals surface area (Å²) >= 11 is 6.05. The van der Waals surface area contributed by atoms with E-state index in [4.69, 9.17) is 27.4 Å². The Bertz CT molecular complexity index is 953. The van der Waals surface area contributed by atoms with E-state index in [2.05, 4.69) is 10.4 Å². The van der Waals surface area contributed by atoms with Gasteiger partial charge in [-0.2, -0.15) is 34.1 Å². The quantitative estimate of drug-likeness (QED) is 0.837. The average Bonchev–Trinajstić information content (AvgIpc) is 3.04. The highest BCUT2D eigenvalue weighted by Crippen LogP contribution is 2.32. The SMILES string of the molecule is N#CC(C#N)=C(C#N)Nc1cccc(Cl)c1-n1ccc(C(F)(F)F)n1. The summed E-state index contributed by atoms with van der Waals surface area (Å²) in [5.41, 5.74) is -1.84. The van der Waals surface area contributed by atoms with Crippen LogP contribution < -0.4 is 5.32 Å². The van der Waals surface area contributed by atoms with Gasteiger partial charge in [-0.05, 0) is 18.2 Å². The van der Waals surface area contributed by atoms with Crippen LogP contribution in [0.1, 0.15) is 5.69 Å². The number of hydrogen-bond acceptors (Lipinski definition) is 5. The average molecular weight is 363 g/mol. The minimum Gasteiger partial charge on any atom is -0.343 e. The Labute approximate surface area is 144 Å². The monoisotopic (exact) mass is 362 g/mol. The Kier molecular flexibility index (Phi) is 4.97. The van der Waals surface area contributed by atoms with Gasteiger partial charge in [0, 0.05) is 6.20 Å². The molecule has 0 amide bonds. The molecule has 0 aliphatic rings. The van der Waals surface area contributed by atoms with Crippen LogP contribution >= 0.6 is 11.6 Å².